The molecule has 7 nitrogen and oxygen atoms in total. The van der Waals surface area contributed by atoms with E-state index in [1.165, 1.54) is 11.3 Å². The normalized spacial score (nSPS) is 15.5. The summed E-state index contributed by atoms with van der Waals surface area (Å²) >= 11 is 1.24. The average Bonchev–Trinajstić information content (AvgIpc) is 3.15. The molecule has 188 valence electrons. The Morgan fingerprint density at radius 3 is 2.44 bits per heavy atom. The lowest BCUT2D eigenvalue weighted by molar-refractivity contribution is -0.139. The number of rotatable bonds is 7. The summed E-state index contributed by atoms with van der Waals surface area (Å²) in [5.74, 6) is -0.382. The van der Waals surface area contributed by atoms with E-state index in [-0.39, 0.29) is 17.9 Å². The molecular weight excluding hydrogens is 474 g/mol. The third-order valence-electron chi connectivity index (χ3n) is 6.34. The van der Waals surface area contributed by atoms with Crippen LogP contribution in [0.15, 0.2) is 63.5 Å². The number of hydrogen-bond acceptors (Lipinski definition) is 7. The van der Waals surface area contributed by atoms with Crippen LogP contribution in [0.25, 0.3) is 6.08 Å². The first kappa shape index (κ1) is 25.4. The van der Waals surface area contributed by atoms with Crippen molar-refractivity contribution in [1.29, 1.82) is 0 Å². The third-order valence-corrected chi connectivity index (χ3v) is 7.32. The summed E-state index contributed by atoms with van der Waals surface area (Å²) in [7, 11) is 0. The number of aromatic hydroxyl groups is 1. The molecule has 1 aliphatic heterocycles. The molecule has 2 heterocycles. The topological polar surface area (TPSA) is 84.1 Å². The minimum atomic E-state index is -0.651. The highest BCUT2D eigenvalue weighted by atomic mass is 32.1. The second kappa shape index (κ2) is 10.5. The molecule has 2 aromatic carbocycles. The molecule has 0 saturated heterocycles. The number of allylic oxidation sites excluding steroid dienone is 1. The fraction of sp³-hybridized carbons (Fsp3) is 0.321. The van der Waals surface area contributed by atoms with Crippen LogP contribution in [0.4, 0.5) is 5.69 Å². The molecule has 36 heavy (non-hydrogen) atoms. The van der Waals surface area contributed by atoms with E-state index in [2.05, 4.69) is 23.7 Å². The molecule has 4 rings (SSSR count). The number of benzene rings is 2. The van der Waals surface area contributed by atoms with Gasteiger partial charge in [0, 0.05) is 30.4 Å². The zero-order chi connectivity index (χ0) is 26.0. The molecule has 0 amide bonds. The molecule has 0 aliphatic carbocycles. The van der Waals surface area contributed by atoms with Crippen molar-refractivity contribution in [2.45, 2.75) is 40.7 Å². The van der Waals surface area contributed by atoms with E-state index in [0.29, 0.717) is 26.2 Å². The van der Waals surface area contributed by atoms with E-state index in [1.807, 2.05) is 43.3 Å². The molecule has 0 fully saturated rings. The van der Waals surface area contributed by atoms with Gasteiger partial charge in [0.2, 0.25) is 0 Å². The Kier molecular flexibility index (Phi) is 7.45. The number of carbonyl (C=O) groups excluding carboxylic acids is 1. The number of aryl methyl sites for hydroxylation is 1. The van der Waals surface area contributed by atoms with Crippen LogP contribution >= 0.6 is 11.3 Å². The maximum Gasteiger partial charge on any atom is 0.338 e. The smallest absolute Gasteiger partial charge is 0.338 e. The van der Waals surface area contributed by atoms with Crippen molar-refractivity contribution < 1.29 is 14.6 Å². The molecule has 0 bridgehead atoms. The Bertz CT molecular complexity index is 1490. The maximum atomic E-state index is 13.7. The number of anilines is 1. The highest BCUT2D eigenvalue weighted by molar-refractivity contribution is 7.07. The molecule has 3 aromatic rings. The van der Waals surface area contributed by atoms with Gasteiger partial charge in [-0.1, -0.05) is 41.2 Å². The number of nitrogens with zero attached hydrogens (tertiary/aromatic N) is 3. The molecule has 1 aliphatic rings. The fourth-order valence-corrected chi connectivity index (χ4v) is 5.47. The van der Waals surface area contributed by atoms with E-state index in [9.17, 15) is 14.7 Å². The molecule has 0 saturated carbocycles. The quantitative estimate of drug-likeness (QED) is 0.496. The standard InChI is InChI=1S/C28H31N3O4S/c1-6-30(7-2)21-14-13-20(22(32)16-21)15-23-26(33)31-25(19-11-9-17(4)10-12-19)24(27(34)35-8-3)18(5)29-28(31)36-23/h9-16,25,32H,6-8H2,1-5H3/b23-15+/t25-/m1/s1. The Morgan fingerprint density at radius 1 is 1.14 bits per heavy atom. The lowest BCUT2D eigenvalue weighted by Gasteiger charge is -2.24. The number of hydrogen-bond donors (Lipinski definition) is 1. The van der Waals surface area contributed by atoms with Crippen molar-refractivity contribution in [3.8, 4) is 5.75 Å². The van der Waals surface area contributed by atoms with Gasteiger partial charge in [-0.3, -0.25) is 9.36 Å². The summed E-state index contributed by atoms with van der Waals surface area (Å²) in [6.45, 7) is 11.5. The first-order valence-electron chi connectivity index (χ1n) is 12.1. The van der Waals surface area contributed by atoms with Crippen LogP contribution in [0.5, 0.6) is 5.75 Å². The number of aromatic nitrogens is 1. The van der Waals surface area contributed by atoms with E-state index >= 15 is 0 Å². The van der Waals surface area contributed by atoms with E-state index in [0.717, 1.165) is 29.9 Å². The third kappa shape index (κ3) is 4.73. The second-order valence-electron chi connectivity index (χ2n) is 8.63. The van der Waals surface area contributed by atoms with Gasteiger partial charge in [0.15, 0.2) is 4.80 Å². The first-order valence-corrected chi connectivity index (χ1v) is 12.9. The van der Waals surface area contributed by atoms with Crippen molar-refractivity contribution in [3.05, 3.63) is 90.1 Å². The van der Waals surface area contributed by atoms with Gasteiger partial charge in [0.05, 0.1) is 28.5 Å². The SMILES string of the molecule is CCOC(=O)C1=C(C)N=c2s/c(=C/c3ccc(N(CC)CC)cc3O)c(=O)n2[C@@H]1c1ccc(C)cc1. The molecule has 0 spiro atoms. The summed E-state index contributed by atoms with van der Waals surface area (Å²) in [5.41, 5.74) is 3.95. The Morgan fingerprint density at radius 2 is 1.83 bits per heavy atom. The highest BCUT2D eigenvalue weighted by Crippen LogP contribution is 2.31. The number of esters is 1. The van der Waals surface area contributed by atoms with Crippen LogP contribution < -0.4 is 19.8 Å². The van der Waals surface area contributed by atoms with Crippen LogP contribution in [-0.2, 0) is 9.53 Å². The Labute approximate surface area is 214 Å². The molecule has 8 heteroatoms. The van der Waals surface area contributed by atoms with E-state index in [4.69, 9.17) is 4.74 Å². The van der Waals surface area contributed by atoms with Crippen molar-refractivity contribution >= 4 is 29.1 Å². The predicted molar refractivity (Wildman–Crippen MR) is 143 cm³/mol. The van der Waals surface area contributed by atoms with Gasteiger partial charge in [0.1, 0.15) is 5.75 Å². The summed E-state index contributed by atoms with van der Waals surface area (Å²) in [5, 5.41) is 10.7. The van der Waals surface area contributed by atoms with Gasteiger partial charge in [-0.25, -0.2) is 9.79 Å². The van der Waals surface area contributed by atoms with Crippen molar-refractivity contribution in [2.75, 3.05) is 24.6 Å². The van der Waals surface area contributed by atoms with Gasteiger partial charge in [-0.15, -0.1) is 0 Å². The minimum absolute atomic E-state index is 0.101. The number of ether oxygens (including phenoxy) is 1. The van der Waals surface area contributed by atoms with E-state index in [1.54, 1.807) is 30.6 Å². The Hall–Kier alpha value is -3.65. The van der Waals surface area contributed by atoms with Gasteiger partial charge >= 0.3 is 5.97 Å². The minimum Gasteiger partial charge on any atom is -0.507 e. The lowest BCUT2D eigenvalue weighted by Crippen LogP contribution is -2.39. The van der Waals surface area contributed by atoms with Crippen LogP contribution in [0, 0.1) is 6.92 Å². The first-order chi connectivity index (χ1) is 17.3. The average molecular weight is 506 g/mol. The second-order valence-corrected chi connectivity index (χ2v) is 9.64. The van der Waals surface area contributed by atoms with Crippen molar-refractivity contribution in [3.63, 3.8) is 0 Å². The summed E-state index contributed by atoms with van der Waals surface area (Å²) in [6, 6.07) is 12.6. The number of fused-ring (bicyclic) bond motifs is 1. The van der Waals surface area contributed by atoms with Crippen LogP contribution in [0.1, 0.15) is 50.4 Å². The van der Waals surface area contributed by atoms with Gasteiger partial charge in [0.25, 0.3) is 5.56 Å². The Balaban J connectivity index is 1.88. The monoisotopic (exact) mass is 505 g/mol. The summed E-state index contributed by atoms with van der Waals surface area (Å²) in [6.07, 6.45) is 1.68. The summed E-state index contributed by atoms with van der Waals surface area (Å²) in [4.78, 5) is 33.9. The number of carbonyl (C=O) groups is 1. The van der Waals surface area contributed by atoms with Gasteiger partial charge < -0.3 is 14.7 Å². The molecular formula is C28H31N3O4S. The number of phenolic OH excluding ortho intramolecular Hbond substituents is 1. The largest absolute Gasteiger partial charge is 0.507 e. The van der Waals surface area contributed by atoms with E-state index < -0.39 is 12.0 Å². The maximum absolute atomic E-state index is 13.7. The number of phenols is 1. The van der Waals surface area contributed by atoms with Gasteiger partial charge in [-0.2, -0.15) is 0 Å². The zero-order valence-electron chi connectivity index (χ0n) is 21.2. The van der Waals surface area contributed by atoms with Crippen LogP contribution in [-0.4, -0.2) is 35.3 Å². The van der Waals surface area contributed by atoms with Crippen LogP contribution in [0.2, 0.25) is 0 Å². The molecule has 1 atom stereocenters. The van der Waals surface area contributed by atoms with Gasteiger partial charge in [-0.05, 0) is 58.4 Å². The highest BCUT2D eigenvalue weighted by Gasteiger charge is 2.33. The lowest BCUT2D eigenvalue weighted by atomic mass is 9.95. The zero-order valence-corrected chi connectivity index (χ0v) is 22.1. The molecule has 1 N–H and O–H groups in total. The van der Waals surface area contributed by atoms with Crippen molar-refractivity contribution in [2.24, 2.45) is 4.99 Å². The molecule has 0 radical (unpaired) electrons. The predicted octanol–water partition coefficient (Wildman–Crippen LogP) is 3.66. The summed E-state index contributed by atoms with van der Waals surface area (Å²) < 4.78 is 7.32. The van der Waals surface area contributed by atoms with Crippen LogP contribution in [0.3, 0.4) is 0 Å². The van der Waals surface area contributed by atoms with Crippen molar-refractivity contribution in [1.82, 2.24) is 4.57 Å². The molecule has 0 unspecified atom stereocenters. The fourth-order valence-electron chi connectivity index (χ4n) is 4.44. The number of thiazole rings is 1. The molecule has 1 aromatic heterocycles.